The Morgan fingerprint density at radius 1 is 1.14 bits per heavy atom. The fourth-order valence-electron chi connectivity index (χ4n) is 4.09. The summed E-state index contributed by atoms with van der Waals surface area (Å²) in [6.45, 7) is 15.2. The van der Waals surface area contributed by atoms with Crippen molar-refractivity contribution in [2.75, 3.05) is 39.3 Å². The van der Waals surface area contributed by atoms with Crippen LogP contribution in [0.1, 0.15) is 47.0 Å². The molecular weight excluding hydrogens is 278 g/mol. The van der Waals surface area contributed by atoms with Crippen LogP contribution in [0, 0.1) is 5.92 Å². The van der Waals surface area contributed by atoms with Crippen molar-refractivity contribution in [2.45, 2.75) is 58.5 Å². The molecule has 0 aromatic rings. The summed E-state index contributed by atoms with van der Waals surface area (Å²) >= 11 is 0. The van der Waals surface area contributed by atoms with Crippen LogP contribution >= 0.6 is 0 Å². The third-order valence-corrected chi connectivity index (χ3v) is 5.24. The minimum atomic E-state index is -0.769. The molecule has 0 aromatic carbocycles. The molecule has 2 aliphatic rings. The minimum absolute atomic E-state index is 0.194. The van der Waals surface area contributed by atoms with Crippen molar-refractivity contribution < 1.29 is 9.90 Å². The van der Waals surface area contributed by atoms with Gasteiger partial charge in [0.2, 0.25) is 0 Å². The van der Waals surface area contributed by atoms with Gasteiger partial charge >= 0.3 is 6.09 Å². The lowest BCUT2D eigenvalue weighted by Gasteiger charge is -2.38. The first-order valence-corrected chi connectivity index (χ1v) is 8.78. The highest BCUT2D eigenvalue weighted by Gasteiger charge is 2.38. The smallest absolute Gasteiger partial charge is 0.407 e. The Morgan fingerprint density at radius 3 is 2.23 bits per heavy atom. The predicted octanol–water partition coefficient (Wildman–Crippen LogP) is 2.57. The SMILES string of the molecule is CCN1CCN(C[C@H]2CC[C@@H](N(C(=O)O)C(C)(C)C)C2)CC1. The maximum atomic E-state index is 11.6. The second-order valence-electron chi connectivity index (χ2n) is 7.89. The standard InChI is InChI=1S/C17H33N3O2/c1-5-18-8-10-19(11-9-18)13-14-6-7-15(12-14)20(16(21)22)17(2,3)4/h14-15H,5-13H2,1-4H3,(H,21,22)/t14-,15+/m0/s1. The summed E-state index contributed by atoms with van der Waals surface area (Å²) in [5.74, 6) is 0.655. The van der Waals surface area contributed by atoms with Crippen LogP contribution in [0.5, 0.6) is 0 Å². The molecule has 0 aromatic heterocycles. The number of piperazine rings is 1. The van der Waals surface area contributed by atoms with E-state index in [1.807, 2.05) is 20.8 Å². The predicted molar refractivity (Wildman–Crippen MR) is 89.3 cm³/mol. The van der Waals surface area contributed by atoms with Crippen molar-refractivity contribution in [2.24, 2.45) is 5.92 Å². The van der Waals surface area contributed by atoms with E-state index in [0.717, 1.165) is 39.0 Å². The molecule has 1 amide bonds. The maximum Gasteiger partial charge on any atom is 0.407 e. The van der Waals surface area contributed by atoms with Crippen molar-refractivity contribution in [3.63, 3.8) is 0 Å². The monoisotopic (exact) mass is 311 g/mol. The Balaban J connectivity index is 1.84. The van der Waals surface area contributed by atoms with Gasteiger partial charge in [-0.3, -0.25) is 0 Å². The molecule has 1 saturated heterocycles. The highest BCUT2D eigenvalue weighted by molar-refractivity contribution is 5.66. The molecule has 2 atom stereocenters. The van der Waals surface area contributed by atoms with Gasteiger partial charge < -0.3 is 19.8 Å². The molecule has 1 N–H and O–H groups in total. The number of hydrogen-bond donors (Lipinski definition) is 1. The van der Waals surface area contributed by atoms with Crippen molar-refractivity contribution in [1.29, 1.82) is 0 Å². The van der Waals surface area contributed by atoms with Crippen molar-refractivity contribution >= 4 is 6.09 Å². The first-order chi connectivity index (χ1) is 10.3. The molecule has 1 aliphatic carbocycles. The number of rotatable bonds is 4. The molecule has 5 nitrogen and oxygen atoms in total. The van der Waals surface area contributed by atoms with Gasteiger partial charge in [0, 0.05) is 44.3 Å². The lowest BCUT2D eigenvalue weighted by Crippen LogP contribution is -2.50. The summed E-state index contributed by atoms with van der Waals surface area (Å²) in [6, 6.07) is 0.194. The molecule has 22 heavy (non-hydrogen) atoms. The summed E-state index contributed by atoms with van der Waals surface area (Å²) in [7, 11) is 0. The summed E-state index contributed by atoms with van der Waals surface area (Å²) in [6.07, 6.45) is 2.44. The van der Waals surface area contributed by atoms with Gasteiger partial charge in [0.15, 0.2) is 0 Å². The number of hydrogen-bond acceptors (Lipinski definition) is 3. The van der Waals surface area contributed by atoms with E-state index in [4.69, 9.17) is 0 Å². The van der Waals surface area contributed by atoms with Crippen LogP contribution in [-0.4, -0.2) is 76.7 Å². The Morgan fingerprint density at radius 2 is 1.73 bits per heavy atom. The number of carboxylic acid groups (broad SMARTS) is 1. The van der Waals surface area contributed by atoms with E-state index in [1.165, 1.54) is 19.5 Å². The number of amides is 1. The number of likely N-dealkylation sites (N-methyl/N-ethyl adjacent to an activating group) is 1. The lowest BCUT2D eigenvalue weighted by molar-refractivity contribution is 0.0688. The van der Waals surface area contributed by atoms with Crippen molar-refractivity contribution in [3.05, 3.63) is 0 Å². The Kier molecular flexibility index (Phi) is 5.72. The molecule has 2 rings (SSSR count). The molecule has 0 radical (unpaired) electrons. The van der Waals surface area contributed by atoms with E-state index in [1.54, 1.807) is 4.90 Å². The second kappa shape index (κ2) is 7.18. The van der Waals surface area contributed by atoms with Crippen LogP contribution in [0.4, 0.5) is 4.79 Å². The largest absolute Gasteiger partial charge is 0.465 e. The van der Waals surface area contributed by atoms with Crippen LogP contribution in [0.25, 0.3) is 0 Å². The Bertz CT molecular complexity index is 373. The molecule has 0 bridgehead atoms. The molecular formula is C17H33N3O2. The van der Waals surface area contributed by atoms with Gasteiger partial charge in [-0.25, -0.2) is 4.79 Å². The Hall–Kier alpha value is -0.810. The van der Waals surface area contributed by atoms with Gasteiger partial charge in [-0.15, -0.1) is 0 Å². The van der Waals surface area contributed by atoms with Crippen LogP contribution in [-0.2, 0) is 0 Å². The molecule has 1 heterocycles. The van der Waals surface area contributed by atoms with Gasteiger partial charge in [0.05, 0.1) is 0 Å². The van der Waals surface area contributed by atoms with E-state index in [0.29, 0.717) is 5.92 Å². The van der Waals surface area contributed by atoms with E-state index < -0.39 is 6.09 Å². The fraction of sp³-hybridized carbons (Fsp3) is 0.941. The molecule has 0 spiro atoms. The van der Waals surface area contributed by atoms with Gasteiger partial charge in [-0.05, 0) is 52.5 Å². The minimum Gasteiger partial charge on any atom is -0.465 e. The third-order valence-electron chi connectivity index (χ3n) is 5.24. The molecule has 128 valence electrons. The molecule has 0 unspecified atom stereocenters. The fourth-order valence-corrected chi connectivity index (χ4v) is 4.09. The number of carbonyl (C=O) groups is 1. The zero-order valence-electron chi connectivity index (χ0n) is 14.7. The second-order valence-corrected chi connectivity index (χ2v) is 7.89. The van der Waals surface area contributed by atoms with E-state index in [-0.39, 0.29) is 11.6 Å². The summed E-state index contributed by atoms with van der Waals surface area (Å²) in [5, 5.41) is 9.54. The van der Waals surface area contributed by atoms with Crippen LogP contribution in [0.3, 0.4) is 0 Å². The summed E-state index contributed by atoms with van der Waals surface area (Å²) in [4.78, 5) is 18.4. The van der Waals surface area contributed by atoms with Crippen LogP contribution in [0.15, 0.2) is 0 Å². The van der Waals surface area contributed by atoms with E-state index in [9.17, 15) is 9.90 Å². The van der Waals surface area contributed by atoms with Crippen molar-refractivity contribution in [3.8, 4) is 0 Å². The average molecular weight is 311 g/mol. The van der Waals surface area contributed by atoms with Crippen LogP contribution in [0.2, 0.25) is 0 Å². The van der Waals surface area contributed by atoms with Gasteiger partial charge in [0.25, 0.3) is 0 Å². The highest BCUT2D eigenvalue weighted by Crippen LogP contribution is 2.33. The molecule has 5 heteroatoms. The normalized spacial score (nSPS) is 28.0. The summed E-state index contributed by atoms with van der Waals surface area (Å²) in [5.41, 5.74) is -0.307. The van der Waals surface area contributed by atoms with Crippen LogP contribution < -0.4 is 0 Å². The first-order valence-electron chi connectivity index (χ1n) is 8.78. The van der Waals surface area contributed by atoms with E-state index >= 15 is 0 Å². The highest BCUT2D eigenvalue weighted by atomic mass is 16.4. The maximum absolute atomic E-state index is 11.6. The van der Waals surface area contributed by atoms with Gasteiger partial charge in [-0.2, -0.15) is 0 Å². The zero-order valence-corrected chi connectivity index (χ0v) is 14.7. The Labute approximate surface area is 135 Å². The molecule has 1 aliphatic heterocycles. The van der Waals surface area contributed by atoms with Crippen molar-refractivity contribution in [1.82, 2.24) is 14.7 Å². The summed E-state index contributed by atoms with van der Waals surface area (Å²) < 4.78 is 0. The number of nitrogens with zero attached hydrogens (tertiary/aromatic N) is 3. The van der Waals surface area contributed by atoms with Gasteiger partial charge in [-0.1, -0.05) is 6.92 Å². The quantitative estimate of drug-likeness (QED) is 0.867. The zero-order chi connectivity index (χ0) is 16.3. The molecule has 2 fully saturated rings. The van der Waals surface area contributed by atoms with E-state index in [2.05, 4.69) is 16.7 Å². The van der Waals surface area contributed by atoms with Gasteiger partial charge in [0.1, 0.15) is 0 Å². The lowest BCUT2D eigenvalue weighted by atomic mass is 10.0. The topological polar surface area (TPSA) is 47.0 Å². The first kappa shape index (κ1) is 17.5. The molecule has 1 saturated carbocycles. The third kappa shape index (κ3) is 4.35. The average Bonchev–Trinajstić information content (AvgIpc) is 2.85.